The van der Waals surface area contributed by atoms with Crippen LogP contribution in [0.1, 0.15) is 0 Å². The van der Waals surface area contributed by atoms with E-state index >= 15 is 0 Å². The lowest BCUT2D eigenvalue weighted by Gasteiger charge is -2.10. The maximum atomic E-state index is 12.2. The van der Waals surface area contributed by atoms with Gasteiger partial charge in [-0.1, -0.05) is 18.2 Å². The van der Waals surface area contributed by atoms with Gasteiger partial charge in [0.2, 0.25) is 0 Å². The van der Waals surface area contributed by atoms with Crippen LogP contribution in [0.2, 0.25) is 0 Å². The average Bonchev–Trinajstić information content (AvgIpc) is 3.06. The van der Waals surface area contributed by atoms with Crippen molar-refractivity contribution in [2.75, 3.05) is 15.6 Å². The molecule has 3 rings (SSSR count). The second kappa shape index (κ2) is 6.67. The van der Waals surface area contributed by atoms with Crippen molar-refractivity contribution in [3.05, 3.63) is 66.2 Å². The molecule has 0 aliphatic heterocycles. The summed E-state index contributed by atoms with van der Waals surface area (Å²) >= 11 is 1.23. The third kappa shape index (κ3) is 3.99. The summed E-state index contributed by atoms with van der Waals surface area (Å²) in [5.74, 6) is 0. The zero-order valence-electron chi connectivity index (χ0n) is 11.9. The molecular weight excluding hydrogens is 332 g/mol. The number of nitrogens with zero attached hydrogens (tertiary/aromatic N) is 1. The van der Waals surface area contributed by atoms with E-state index in [9.17, 15) is 8.42 Å². The molecule has 1 heterocycles. The summed E-state index contributed by atoms with van der Waals surface area (Å²) in [5, 5.41) is 2.05. The van der Waals surface area contributed by atoms with Crippen molar-refractivity contribution in [1.29, 1.82) is 0 Å². The zero-order valence-corrected chi connectivity index (χ0v) is 13.6. The number of nitrogens with one attached hydrogen (secondary N) is 3. The predicted molar refractivity (Wildman–Crippen MR) is 93.1 cm³/mol. The van der Waals surface area contributed by atoms with Crippen LogP contribution in [0.15, 0.2) is 71.1 Å². The lowest BCUT2D eigenvalue weighted by atomic mass is 10.3. The van der Waals surface area contributed by atoms with Gasteiger partial charge in [-0.2, -0.15) is 0 Å². The molecule has 0 saturated carbocycles. The first kappa shape index (κ1) is 15.3. The van der Waals surface area contributed by atoms with Crippen LogP contribution >= 0.6 is 11.3 Å². The van der Waals surface area contributed by atoms with Gasteiger partial charge in [0.1, 0.15) is 0 Å². The van der Waals surface area contributed by atoms with Crippen molar-refractivity contribution in [2.24, 2.45) is 0 Å². The smallest absolute Gasteiger partial charge is 0.263 e. The lowest BCUT2D eigenvalue weighted by Crippen LogP contribution is -2.13. The van der Waals surface area contributed by atoms with Gasteiger partial charge in [-0.25, -0.2) is 13.4 Å². The topological polar surface area (TPSA) is 83.1 Å². The van der Waals surface area contributed by atoms with Crippen LogP contribution in [0, 0.1) is 0 Å². The highest BCUT2D eigenvalue weighted by Crippen LogP contribution is 2.19. The van der Waals surface area contributed by atoms with Crippen molar-refractivity contribution in [3.63, 3.8) is 0 Å². The Bertz CT molecular complexity index is 848. The summed E-state index contributed by atoms with van der Waals surface area (Å²) in [6.07, 6.45) is 1.55. The van der Waals surface area contributed by atoms with Crippen molar-refractivity contribution >= 4 is 37.9 Å². The Hall–Kier alpha value is -2.58. The van der Waals surface area contributed by atoms with Gasteiger partial charge in [0, 0.05) is 11.6 Å². The minimum atomic E-state index is -3.62. The highest BCUT2D eigenvalue weighted by Gasteiger charge is 2.15. The van der Waals surface area contributed by atoms with Gasteiger partial charge in [-0.15, -0.1) is 11.3 Å². The second-order valence-electron chi connectivity index (χ2n) is 4.58. The number of sulfonamides is 1. The van der Waals surface area contributed by atoms with Crippen molar-refractivity contribution < 1.29 is 8.42 Å². The molecular formula is C15H14N4O2S2. The maximum Gasteiger partial charge on any atom is 0.263 e. The van der Waals surface area contributed by atoms with Gasteiger partial charge in [0.25, 0.3) is 10.0 Å². The molecule has 0 amide bonds. The highest BCUT2D eigenvalue weighted by atomic mass is 32.2. The summed E-state index contributed by atoms with van der Waals surface area (Å²) in [4.78, 5) is 4.09. The van der Waals surface area contributed by atoms with Gasteiger partial charge in [-0.05, 0) is 36.4 Å². The number of thiazole rings is 1. The summed E-state index contributed by atoms with van der Waals surface area (Å²) < 4.78 is 26.9. The first-order chi connectivity index (χ1) is 11.1. The number of benzene rings is 2. The van der Waals surface area contributed by atoms with Crippen LogP contribution in [0.25, 0.3) is 0 Å². The van der Waals surface area contributed by atoms with E-state index in [1.165, 1.54) is 23.5 Å². The molecule has 0 unspecified atom stereocenters. The van der Waals surface area contributed by atoms with E-state index < -0.39 is 10.0 Å². The third-order valence-electron chi connectivity index (χ3n) is 2.94. The molecule has 0 fully saturated rings. The molecule has 1 aromatic heterocycles. The second-order valence-corrected chi connectivity index (χ2v) is 7.16. The van der Waals surface area contributed by atoms with Crippen LogP contribution in [0.5, 0.6) is 0 Å². The van der Waals surface area contributed by atoms with E-state index in [0.29, 0.717) is 5.13 Å². The fourth-order valence-corrected chi connectivity index (χ4v) is 3.62. The molecule has 3 aromatic rings. The van der Waals surface area contributed by atoms with Crippen LogP contribution in [0.3, 0.4) is 0 Å². The molecule has 23 heavy (non-hydrogen) atoms. The number of aromatic nitrogens is 1. The fourth-order valence-electron chi connectivity index (χ4n) is 1.83. The Balaban J connectivity index is 1.67. The summed E-state index contributed by atoms with van der Waals surface area (Å²) in [6.45, 7) is 0. The maximum absolute atomic E-state index is 12.2. The molecule has 0 aliphatic carbocycles. The summed E-state index contributed by atoms with van der Waals surface area (Å²) in [5.41, 5.74) is 7.71. The average molecular weight is 346 g/mol. The van der Waals surface area contributed by atoms with E-state index in [4.69, 9.17) is 0 Å². The van der Waals surface area contributed by atoms with Crippen LogP contribution in [-0.4, -0.2) is 13.4 Å². The molecule has 2 aromatic carbocycles. The Labute approximate surface area is 138 Å². The van der Waals surface area contributed by atoms with Crippen molar-refractivity contribution in [1.82, 2.24) is 4.98 Å². The molecule has 6 nitrogen and oxygen atoms in total. The fraction of sp³-hybridized carbons (Fsp3) is 0. The molecule has 3 N–H and O–H groups in total. The van der Waals surface area contributed by atoms with E-state index in [-0.39, 0.29) is 4.90 Å². The predicted octanol–water partition coefficient (Wildman–Crippen LogP) is 3.38. The first-order valence-electron chi connectivity index (χ1n) is 6.73. The lowest BCUT2D eigenvalue weighted by molar-refractivity contribution is 0.601. The van der Waals surface area contributed by atoms with Crippen LogP contribution in [-0.2, 0) is 10.0 Å². The minimum absolute atomic E-state index is 0.179. The van der Waals surface area contributed by atoms with Crippen LogP contribution < -0.4 is 15.6 Å². The minimum Gasteiger partial charge on any atom is -0.301 e. The van der Waals surface area contributed by atoms with Gasteiger partial charge >= 0.3 is 0 Å². The Morgan fingerprint density at radius 3 is 2.13 bits per heavy atom. The Kier molecular flexibility index (Phi) is 4.45. The number of hydrogen-bond acceptors (Lipinski definition) is 6. The van der Waals surface area contributed by atoms with E-state index in [1.54, 1.807) is 23.7 Å². The largest absolute Gasteiger partial charge is 0.301 e. The molecule has 8 heteroatoms. The van der Waals surface area contributed by atoms with E-state index in [2.05, 4.69) is 20.6 Å². The van der Waals surface area contributed by atoms with Crippen LogP contribution in [0.4, 0.5) is 16.5 Å². The Morgan fingerprint density at radius 1 is 0.870 bits per heavy atom. The first-order valence-corrected chi connectivity index (χ1v) is 9.09. The monoisotopic (exact) mass is 346 g/mol. The normalized spacial score (nSPS) is 11.0. The summed E-state index contributed by atoms with van der Waals surface area (Å²) in [7, 11) is -3.62. The van der Waals surface area contributed by atoms with Gasteiger partial charge in [0.15, 0.2) is 5.13 Å². The molecule has 0 saturated heterocycles. The van der Waals surface area contributed by atoms with Crippen molar-refractivity contribution in [3.8, 4) is 0 Å². The molecule has 118 valence electrons. The van der Waals surface area contributed by atoms with Gasteiger partial charge in [-0.3, -0.25) is 4.72 Å². The number of para-hydroxylation sites is 1. The molecule has 0 spiro atoms. The third-order valence-corrected chi connectivity index (χ3v) is 5.12. The number of hydrogen-bond donors (Lipinski definition) is 3. The Morgan fingerprint density at radius 2 is 1.52 bits per heavy atom. The molecule has 0 bridgehead atoms. The molecule has 0 atom stereocenters. The van der Waals surface area contributed by atoms with Crippen molar-refractivity contribution in [2.45, 2.75) is 4.90 Å². The standard InChI is InChI=1S/C15H14N4O2S2/c20-23(21,19-15-16-10-11-22-15)14-8-6-13(7-9-14)18-17-12-4-2-1-3-5-12/h1-11,17-18H,(H,16,19). The van der Waals surface area contributed by atoms with Gasteiger partial charge in [0.05, 0.1) is 16.3 Å². The highest BCUT2D eigenvalue weighted by molar-refractivity contribution is 7.93. The molecule has 0 radical (unpaired) electrons. The quantitative estimate of drug-likeness (QED) is 0.596. The number of anilines is 3. The van der Waals surface area contributed by atoms with E-state index in [0.717, 1.165) is 11.4 Å². The van der Waals surface area contributed by atoms with E-state index in [1.807, 2.05) is 30.3 Å². The number of rotatable bonds is 6. The molecule has 0 aliphatic rings. The summed E-state index contributed by atoms with van der Waals surface area (Å²) in [6, 6.07) is 16.1. The zero-order chi connectivity index (χ0) is 16.1. The van der Waals surface area contributed by atoms with Gasteiger partial charge < -0.3 is 10.9 Å². The SMILES string of the molecule is O=S(=O)(Nc1nccs1)c1ccc(NNc2ccccc2)cc1. The number of hydrazine groups is 1.